The monoisotopic (exact) mass is 372 g/mol. The van der Waals surface area contributed by atoms with Crippen LogP contribution in [0.2, 0.25) is 0 Å². The largest absolute Gasteiger partial charge is 0.490 e. The highest BCUT2D eigenvalue weighted by Gasteiger charge is 2.23. The van der Waals surface area contributed by atoms with Gasteiger partial charge in [0.25, 0.3) is 0 Å². The first-order chi connectivity index (χ1) is 8.72. The van der Waals surface area contributed by atoms with E-state index in [0.717, 1.165) is 29.7 Å². The molecule has 1 saturated carbocycles. The minimum atomic E-state index is -0.562. The number of rotatable bonds is 4. The number of ether oxygens (including phenoxy) is 1. The van der Waals surface area contributed by atoms with Crippen LogP contribution in [-0.4, -0.2) is 11.2 Å². The molecule has 94 valence electrons. The van der Waals surface area contributed by atoms with Crippen LogP contribution >= 0.6 is 33.9 Å². The molecule has 1 unspecified atom stereocenters. The quantitative estimate of drug-likeness (QED) is 0.823. The molecule has 2 nitrogen and oxygen atoms in total. The molecule has 1 aliphatic carbocycles. The molecule has 0 aliphatic heterocycles. The van der Waals surface area contributed by atoms with Crippen molar-refractivity contribution in [1.82, 2.24) is 0 Å². The molecule has 3 rings (SSSR count). The van der Waals surface area contributed by atoms with Crippen molar-refractivity contribution in [3.05, 3.63) is 49.7 Å². The fourth-order valence-electron chi connectivity index (χ4n) is 1.80. The lowest BCUT2D eigenvalue weighted by molar-refractivity contribution is 0.219. The van der Waals surface area contributed by atoms with E-state index in [2.05, 4.69) is 22.6 Å². The summed E-state index contributed by atoms with van der Waals surface area (Å²) in [6.07, 6.45) is 2.12. The van der Waals surface area contributed by atoms with E-state index in [1.807, 2.05) is 35.7 Å². The average molecular weight is 372 g/mol. The lowest BCUT2D eigenvalue weighted by atomic mass is 10.0. The number of halogens is 1. The van der Waals surface area contributed by atoms with Crippen molar-refractivity contribution in [2.24, 2.45) is 0 Å². The van der Waals surface area contributed by atoms with Gasteiger partial charge in [-0.1, -0.05) is 12.1 Å². The molecule has 0 spiro atoms. The molecule has 0 amide bonds. The van der Waals surface area contributed by atoms with Crippen molar-refractivity contribution >= 4 is 33.9 Å². The normalized spacial score (nSPS) is 16.6. The van der Waals surface area contributed by atoms with Crippen molar-refractivity contribution in [3.8, 4) is 5.75 Å². The number of aliphatic hydroxyl groups excluding tert-OH is 1. The van der Waals surface area contributed by atoms with Gasteiger partial charge in [-0.15, -0.1) is 11.3 Å². The Morgan fingerprint density at radius 3 is 2.78 bits per heavy atom. The first-order valence-electron chi connectivity index (χ1n) is 5.91. The maximum absolute atomic E-state index is 10.3. The van der Waals surface area contributed by atoms with Gasteiger partial charge in [-0.05, 0) is 70.1 Å². The third-order valence-corrected chi connectivity index (χ3v) is 4.71. The molecule has 0 saturated heterocycles. The molecule has 0 radical (unpaired) electrons. The van der Waals surface area contributed by atoms with Gasteiger partial charge in [0, 0.05) is 0 Å². The summed E-state index contributed by atoms with van der Waals surface area (Å²) < 4.78 is 6.93. The maximum atomic E-state index is 10.3. The maximum Gasteiger partial charge on any atom is 0.120 e. The minimum Gasteiger partial charge on any atom is -0.490 e. The number of hydrogen-bond donors (Lipinski definition) is 1. The highest BCUT2D eigenvalue weighted by molar-refractivity contribution is 14.1. The van der Waals surface area contributed by atoms with E-state index in [4.69, 9.17) is 4.74 Å². The van der Waals surface area contributed by atoms with Crippen molar-refractivity contribution < 1.29 is 9.84 Å². The molecule has 1 aliphatic rings. The van der Waals surface area contributed by atoms with Crippen LogP contribution < -0.4 is 4.74 Å². The van der Waals surface area contributed by atoms with Crippen LogP contribution in [0.15, 0.2) is 35.7 Å². The summed E-state index contributed by atoms with van der Waals surface area (Å²) in [5.41, 5.74) is 1.84. The zero-order chi connectivity index (χ0) is 12.5. The Kier molecular flexibility index (Phi) is 3.59. The Morgan fingerprint density at radius 2 is 2.11 bits per heavy atom. The van der Waals surface area contributed by atoms with Gasteiger partial charge >= 0.3 is 0 Å². The van der Waals surface area contributed by atoms with Crippen LogP contribution in [0.1, 0.15) is 30.1 Å². The molecule has 1 heterocycles. The molecule has 1 aromatic carbocycles. The summed E-state index contributed by atoms with van der Waals surface area (Å²) in [6.45, 7) is 0. The average Bonchev–Trinajstić information content (AvgIpc) is 3.08. The molecule has 1 N–H and O–H groups in total. The summed E-state index contributed by atoms with van der Waals surface area (Å²) in [7, 11) is 0. The molecule has 1 aromatic heterocycles. The van der Waals surface area contributed by atoms with Crippen molar-refractivity contribution in [1.29, 1.82) is 0 Å². The van der Waals surface area contributed by atoms with E-state index in [9.17, 15) is 5.11 Å². The number of hydrogen-bond acceptors (Lipinski definition) is 3. The lowest BCUT2D eigenvalue weighted by Crippen LogP contribution is -2.00. The van der Waals surface area contributed by atoms with Crippen molar-refractivity contribution in [2.75, 3.05) is 0 Å². The van der Waals surface area contributed by atoms with Crippen molar-refractivity contribution in [2.45, 2.75) is 25.0 Å². The third kappa shape index (κ3) is 2.87. The van der Waals surface area contributed by atoms with Crippen LogP contribution in [0, 0.1) is 2.88 Å². The van der Waals surface area contributed by atoms with Gasteiger partial charge in [0.2, 0.25) is 0 Å². The predicted octanol–water partition coefficient (Wildman–Crippen LogP) is 3.98. The van der Waals surface area contributed by atoms with Crippen LogP contribution in [-0.2, 0) is 0 Å². The second-order valence-corrected chi connectivity index (χ2v) is 7.28. The van der Waals surface area contributed by atoms with E-state index < -0.39 is 6.10 Å². The van der Waals surface area contributed by atoms with Crippen LogP contribution in [0.25, 0.3) is 0 Å². The van der Waals surface area contributed by atoms with Crippen LogP contribution in [0.3, 0.4) is 0 Å². The molecule has 1 atom stereocenters. The zero-order valence-electron chi connectivity index (χ0n) is 9.67. The first-order valence-corrected chi connectivity index (χ1v) is 7.87. The van der Waals surface area contributed by atoms with Gasteiger partial charge < -0.3 is 9.84 Å². The number of thiophene rings is 1. The van der Waals surface area contributed by atoms with Gasteiger partial charge in [0.1, 0.15) is 11.9 Å². The van der Waals surface area contributed by atoms with E-state index in [1.54, 1.807) is 11.3 Å². The lowest BCUT2D eigenvalue weighted by Gasteiger charge is -2.11. The first kappa shape index (κ1) is 12.4. The smallest absolute Gasteiger partial charge is 0.120 e. The second-order valence-electron chi connectivity index (χ2n) is 4.48. The summed E-state index contributed by atoms with van der Waals surface area (Å²) in [4.78, 5) is 0. The van der Waals surface area contributed by atoms with E-state index in [0.29, 0.717) is 6.10 Å². The Hall–Kier alpha value is -0.590. The Labute approximate surface area is 124 Å². The SMILES string of the molecule is OC(c1cccc(OC2CC2)c1)c1csc(I)c1. The van der Waals surface area contributed by atoms with Crippen LogP contribution in [0.4, 0.5) is 0 Å². The minimum absolute atomic E-state index is 0.388. The number of benzene rings is 1. The Balaban J connectivity index is 1.81. The zero-order valence-corrected chi connectivity index (χ0v) is 12.6. The van der Waals surface area contributed by atoms with E-state index >= 15 is 0 Å². The fraction of sp³-hybridized carbons (Fsp3) is 0.286. The standard InChI is InChI=1S/C14H13IO2S/c15-13-7-10(8-18-13)14(16)9-2-1-3-12(6-9)17-11-4-5-11/h1-3,6-8,11,14,16H,4-5H2. The molecule has 4 heteroatoms. The summed E-state index contributed by atoms with van der Waals surface area (Å²) in [5.74, 6) is 0.860. The van der Waals surface area contributed by atoms with Gasteiger partial charge in [0.05, 0.1) is 8.99 Å². The van der Waals surface area contributed by atoms with Gasteiger partial charge in [-0.2, -0.15) is 0 Å². The van der Waals surface area contributed by atoms with Crippen LogP contribution in [0.5, 0.6) is 5.75 Å². The molecule has 2 aromatic rings. The van der Waals surface area contributed by atoms with Gasteiger partial charge in [-0.25, -0.2) is 0 Å². The highest BCUT2D eigenvalue weighted by Crippen LogP contribution is 2.31. The molecule has 1 fully saturated rings. The van der Waals surface area contributed by atoms with Gasteiger partial charge in [0.15, 0.2) is 0 Å². The van der Waals surface area contributed by atoms with Gasteiger partial charge in [-0.3, -0.25) is 0 Å². The van der Waals surface area contributed by atoms with Crippen molar-refractivity contribution in [3.63, 3.8) is 0 Å². The second kappa shape index (κ2) is 5.19. The van der Waals surface area contributed by atoms with E-state index in [1.165, 1.54) is 2.88 Å². The fourth-order valence-corrected chi connectivity index (χ4v) is 3.19. The number of aliphatic hydroxyl groups is 1. The molecule has 18 heavy (non-hydrogen) atoms. The Morgan fingerprint density at radius 1 is 1.28 bits per heavy atom. The predicted molar refractivity (Wildman–Crippen MR) is 81.2 cm³/mol. The molecule has 0 bridgehead atoms. The summed E-state index contributed by atoms with van der Waals surface area (Å²) in [6, 6.07) is 9.78. The van der Waals surface area contributed by atoms with E-state index in [-0.39, 0.29) is 0 Å². The Bertz CT molecular complexity index is 548. The molecular formula is C14H13IO2S. The molecular weight excluding hydrogens is 359 g/mol. The summed E-state index contributed by atoms with van der Waals surface area (Å²) >= 11 is 3.91. The highest BCUT2D eigenvalue weighted by atomic mass is 127. The summed E-state index contributed by atoms with van der Waals surface area (Å²) in [5, 5.41) is 12.3. The topological polar surface area (TPSA) is 29.5 Å². The third-order valence-electron chi connectivity index (χ3n) is 2.90.